The van der Waals surface area contributed by atoms with Crippen molar-refractivity contribution >= 4 is 15.9 Å². The van der Waals surface area contributed by atoms with Gasteiger partial charge in [-0.1, -0.05) is 6.07 Å². The van der Waals surface area contributed by atoms with Gasteiger partial charge in [0.1, 0.15) is 0 Å². The number of hydrogen-bond acceptors (Lipinski definition) is 2. The SMILES string of the molecule is NS(=O)(=O)Nc1cccc(-n2cccc2)c1. The molecule has 0 radical (unpaired) electrons. The van der Waals surface area contributed by atoms with Gasteiger partial charge < -0.3 is 4.57 Å². The molecule has 0 atom stereocenters. The zero-order chi connectivity index (χ0) is 11.6. The maximum Gasteiger partial charge on any atom is 0.296 e. The van der Waals surface area contributed by atoms with Gasteiger partial charge in [0.15, 0.2) is 0 Å². The molecular formula is C10H11N3O2S. The van der Waals surface area contributed by atoms with Crippen LogP contribution in [0.3, 0.4) is 0 Å². The lowest BCUT2D eigenvalue weighted by molar-refractivity contribution is 0.603. The van der Waals surface area contributed by atoms with E-state index in [1.807, 2.05) is 35.2 Å². The van der Waals surface area contributed by atoms with Crippen molar-refractivity contribution in [2.75, 3.05) is 4.72 Å². The van der Waals surface area contributed by atoms with Crippen LogP contribution in [0.4, 0.5) is 5.69 Å². The van der Waals surface area contributed by atoms with Gasteiger partial charge in [-0.3, -0.25) is 4.72 Å². The third-order valence-electron chi connectivity index (χ3n) is 2.01. The van der Waals surface area contributed by atoms with Gasteiger partial charge in [-0.15, -0.1) is 0 Å². The van der Waals surface area contributed by atoms with Crippen molar-refractivity contribution in [2.45, 2.75) is 0 Å². The number of nitrogens with one attached hydrogen (secondary N) is 1. The summed E-state index contributed by atoms with van der Waals surface area (Å²) in [6, 6.07) is 10.7. The molecule has 3 N–H and O–H groups in total. The summed E-state index contributed by atoms with van der Waals surface area (Å²) in [4.78, 5) is 0. The highest BCUT2D eigenvalue weighted by Crippen LogP contribution is 2.15. The quantitative estimate of drug-likeness (QED) is 0.838. The number of benzene rings is 1. The summed E-state index contributed by atoms with van der Waals surface area (Å²) in [6.45, 7) is 0. The van der Waals surface area contributed by atoms with Crippen LogP contribution < -0.4 is 9.86 Å². The molecule has 6 heteroatoms. The average Bonchev–Trinajstić information content (AvgIpc) is 2.68. The Morgan fingerprint density at radius 1 is 1.12 bits per heavy atom. The predicted octanol–water partition coefficient (Wildman–Crippen LogP) is 1.09. The highest BCUT2D eigenvalue weighted by atomic mass is 32.2. The van der Waals surface area contributed by atoms with E-state index in [1.54, 1.807) is 18.2 Å². The molecule has 0 aliphatic carbocycles. The minimum absolute atomic E-state index is 0.439. The van der Waals surface area contributed by atoms with Gasteiger partial charge in [0, 0.05) is 18.1 Å². The van der Waals surface area contributed by atoms with Crippen molar-refractivity contribution in [2.24, 2.45) is 5.14 Å². The van der Waals surface area contributed by atoms with E-state index in [9.17, 15) is 8.42 Å². The van der Waals surface area contributed by atoms with Crippen LogP contribution in [0, 0.1) is 0 Å². The van der Waals surface area contributed by atoms with Crippen molar-refractivity contribution in [3.8, 4) is 5.69 Å². The van der Waals surface area contributed by atoms with Gasteiger partial charge in [-0.25, -0.2) is 5.14 Å². The standard InChI is InChI=1S/C10H11N3O2S/c11-16(14,15)12-9-4-3-5-10(8-9)13-6-1-2-7-13/h1-8,12H,(H2,11,14,15). The minimum atomic E-state index is -3.72. The molecule has 0 saturated carbocycles. The summed E-state index contributed by atoms with van der Waals surface area (Å²) in [5.74, 6) is 0. The zero-order valence-corrected chi connectivity index (χ0v) is 9.18. The Morgan fingerprint density at radius 2 is 1.81 bits per heavy atom. The van der Waals surface area contributed by atoms with Crippen LogP contribution in [-0.2, 0) is 10.2 Å². The number of rotatable bonds is 3. The molecule has 2 rings (SSSR count). The number of anilines is 1. The van der Waals surface area contributed by atoms with Gasteiger partial charge in [0.05, 0.1) is 5.69 Å². The third kappa shape index (κ3) is 2.62. The Kier molecular flexibility index (Phi) is 2.67. The molecule has 0 bridgehead atoms. The summed E-state index contributed by atoms with van der Waals surface area (Å²) in [7, 11) is -3.72. The summed E-state index contributed by atoms with van der Waals surface area (Å²) in [5.41, 5.74) is 1.30. The second kappa shape index (κ2) is 3.99. The fraction of sp³-hybridized carbons (Fsp3) is 0. The Labute approximate surface area is 93.7 Å². The lowest BCUT2D eigenvalue weighted by atomic mass is 10.3. The van der Waals surface area contributed by atoms with Crippen molar-refractivity contribution in [1.82, 2.24) is 4.57 Å². The number of nitrogens with zero attached hydrogens (tertiary/aromatic N) is 1. The summed E-state index contributed by atoms with van der Waals surface area (Å²) in [5, 5.41) is 4.89. The van der Waals surface area contributed by atoms with Crippen LogP contribution >= 0.6 is 0 Å². The lowest BCUT2D eigenvalue weighted by Gasteiger charge is -2.07. The van der Waals surface area contributed by atoms with E-state index >= 15 is 0 Å². The second-order valence-electron chi connectivity index (χ2n) is 3.29. The highest BCUT2D eigenvalue weighted by molar-refractivity contribution is 7.90. The summed E-state index contributed by atoms with van der Waals surface area (Å²) >= 11 is 0. The summed E-state index contributed by atoms with van der Waals surface area (Å²) < 4.78 is 25.8. The summed E-state index contributed by atoms with van der Waals surface area (Å²) in [6.07, 6.45) is 3.74. The molecule has 1 aromatic carbocycles. The molecule has 84 valence electrons. The van der Waals surface area contributed by atoms with Crippen LogP contribution in [0.25, 0.3) is 5.69 Å². The molecule has 0 aliphatic rings. The first-order chi connectivity index (χ1) is 7.54. The van der Waals surface area contributed by atoms with E-state index in [4.69, 9.17) is 5.14 Å². The first-order valence-electron chi connectivity index (χ1n) is 4.58. The van der Waals surface area contributed by atoms with Gasteiger partial charge in [0.25, 0.3) is 10.2 Å². The molecule has 0 unspecified atom stereocenters. The van der Waals surface area contributed by atoms with Crippen LogP contribution in [0.1, 0.15) is 0 Å². The molecule has 1 heterocycles. The second-order valence-corrected chi connectivity index (χ2v) is 4.58. The monoisotopic (exact) mass is 237 g/mol. The smallest absolute Gasteiger partial charge is 0.296 e. The first kappa shape index (κ1) is 10.7. The van der Waals surface area contributed by atoms with Gasteiger partial charge in [0.2, 0.25) is 0 Å². The maximum atomic E-state index is 10.9. The molecule has 0 fully saturated rings. The Balaban J connectivity index is 2.34. The Hall–Kier alpha value is -1.79. The Bertz CT molecular complexity index is 576. The van der Waals surface area contributed by atoms with Crippen molar-refractivity contribution in [3.05, 3.63) is 48.8 Å². The third-order valence-corrected chi connectivity index (χ3v) is 2.53. The van der Waals surface area contributed by atoms with E-state index < -0.39 is 10.2 Å². The van der Waals surface area contributed by atoms with E-state index in [2.05, 4.69) is 4.72 Å². The van der Waals surface area contributed by atoms with Gasteiger partial charge in [-0.05, 0) is 30.3 Å². The maximum absolute atomic E-state index is 10.9. The molecule has 0 spiro atoms. The molecule has 0 saturated heterocycles. The number of nitrogens with two attached hydrogens (primary N) is 1. The molecule has 0 amide bonds. The van der Waals surface area contributed by atoms with Crippen molar-refractivity contribution in [1.29, 1.82) is 0 Å². The molecule has 2 aromatic rings. The van der Waals surface area contributed by atoms with Crippen LogP contribution in [0.2, 0.25) is 0 Å². The fourth-order valence-corrected chi connectivity index (χ4v) is 1.86. The molecular weight excluding hydrogens is 226 g/mol. The Morgan fingerprint density at radius 3 is 2.44 bits per heavy atom. The predicted molar refractivity (Wildman–Crippen MR) is 62.5 cm³/mol. The average molecular weight is 237 g/mol. The van der Waals surface area contributed by atoms with Crippen molar-refractivity contribution in [3.63, 3.8) is 0 Å². The van der Waals surface area contributed by atoms with Crippen LogP contribution in [0.5, 0.6) is 0 Å². The van der Waals surface area contributed by atoms with Gasteiger partial charge >= 0.3 is 0 Å². The largest absolute Gasteiger partial charge is 0.324 e. The van der Waals surface area contributed by atoms with Crippen LogP contribution in [0.15, 0.2) is 48.8 Å². The normalized spacial score (nSPS) is 11.3. The molecule has 16 heavy (non-hydrogen) atoms. The lowest BCUT2D eigenvalue weighted by Crippen LogP contribution is -2.21. The first-order valence-corrected chi connectivity index (χ1v) is 6.13. The fourth-order valence-electron chi connectivity index (χ4n) is 1.40. The van der Waals surface area contributed by atoms with E-state index in [-0.39, 0.29) is 0 Å². The minimum Gasteiger partial charge on any atom is -0.324 e. The van der Waals surface area contributed by atoms with E-state index in [1.165, 1.54) is 0 Å². The van der Waals surface area contributed by atoms with Crippen LogP contribution in [-0.4, -0.2) is 13.0 Å². The topological polar surface area (TPSA) is 77.1 Å². The molecule has 1 aromatic heterocycles. The van der Waals surface area contributed by atoms with Crippen molar-refractivity contribution < 1.29 is 8.42 Å². The molecule has 0 aliphatic heterocycles. The molecule has 5 nitrogen and oxygen atoms in total. The van der Waals surface area contributed by atoms with Gasteiger partial charge in [-0.2, -0.15) is 8.42 Å². The van der Waals surface area contributed by atoms with E-state index in [0.29, 0.717) is 5.69 Å². The zero-order valence-electron chi connectivity index (χ0n) is 8.37. The van der Waals surface area contributed by atoms with E-state index in [0.717, 1.165) is 5.69 Å². The number of hydrogen-bond donors (Lipinski definition) is 2. The number of aromatic nitrogens is 1. The highest BCUT2D eigenvalue weighted by Gasteiger charge is 2.03.